The van der Waals surface area contributed by atoms with Crippen molar-refractivity contribution in [3.63, 3.8) is 0 Å². The molecule has 0 spiro atoms. The van der Waals surface area contributed by atoms with E-state index in [1.165, 1.54) is 0 Å². The monoisotopic (exact) mass is 408 g/mol. The maximum atomic E-state index is 12.3. The summed E-state index contributed by atoms with van der Waals surface area (Å²) in [6.45, 7) is 7.22. The zero-order chi connectivity index (χ0) is 18.3. The minimum Gasteiger partial charge on any atom is -0.394 e. The summed E-state index contributed by atoms with van der Waals surface area (Å²) in [7, 11) is 0. The van der Waals surface area contributed by atoms with Gasteiger partial charge in [-0.25, -0.2) is 4.79 Å². The number of nitrogens with one attached hydrogen (secondary N) is 3. The van der Waals surface area contributed by atoms with Gasteiger partial charge in [-0.15, -0.1) is 24.0 Å². The molecule has 0 saturated carbocycles. The number of aliphatic hydroxyl groups is 1. The number of H-pyrrole nitrogens is 1. The second-order valence-corrected chi connectivity index (χ2v) is 7.29. The quantitative estimate of drug-likeness (QED) is 0.563. The first kappa shape index (κ1) is 23.0. The van der Waals surface area contributed by atoms with E-state index in [1.807, 2.05) is 0 Å². The Labute approximate surface area is 165 Å². The van der Waals surface area contributed by atoms with E-state index in [2.05, 4.69) is 26.0 Å². The summed E-state index contributed by atoms with van der Waals surface area (Å²) in [6.07, 6.45) is 2.60. The molecule has 2 aliphatic heterocycles. The highest BCUT2D eigenvalue weighted by atomic mass is 35.5. The fourth-order valence-corrected chi connectivity index (χ4v) is 3.33. The van der Waals surface area contributed by atoms with Crippen LogP contribution >= 0.6 is 24.0 Å². The minimum atomic E-state index is -0.167. The SMILES string of the molecule is CC(C)O.Cl.O=C(NCC1(CCl)CCNCC1)N1CCc2n[nH]nc2C1. The number of amides is 2. The number of aromatic amines is 1. The lowest BCUT2D eigenvalue weighted by atomic mass is 9.81. The molecule has 0 atom stereocenters. The zero-order valence-electron chi connectivity index (χ0n) is 15.4. The van der Waals surface area contributed by atoms with E-state index in [-0.39, 0.29) is 30.0 Å². The van der Waals surface area contributed by atoms with Crippen LogP contribution in [0.15, 0.2) is 0 Å². The lowest BCUT2D eigenvalue weighted by Crippen LogP contribution is -2.49. The Balaban J connectivity index is 0.000000616. The first-order valence-electron chi connectivity index (χ1n) is 8.82. The van der Waals surface area contributed by atoms with Crippen molar-refractivity contribution in [1.29, 1.82) is 0 Å². The lowest BCUT2D eigenvalue weighted by molar-refractivity contribution is 0.175. The van der Waals surface area contributed by atoms with Crippen molar-refractivity contribution in [3.8, 4) is 0 Å². The molecule has 1 aromatic rings. The summed E-state index contributed by atoms with van der Waals surface area (Å²) in [5.74, 6) is 0.586. The molecule has 4 N–H and O–H groups in total. The van der Waals surface area contributed by atoms with Gasteiger partial charge < -0.3 is 20.6 Å². The maximum Gasteiger partial charge on any atom is 0.317 e. The minimum absolute atomic E-state index is 0. The standard InChI is InChI=1S/C13H21ClN6O.C3H8O.ClH/c14-8-13(2-4-15-5-3-13)9-16-12(21)20-6-1-10-11(7-20)18-19-17-10;1-3(2)4;/h15H,1-9H2,(H,16,21)(H,17,18,19);3-4H,1-2H3;1H. The second-order valence-electron chi connectivity index (χ2n) is 7.02. The van der Waals surface area contributed by atoms with Gasteiger partial charge in [0, 0.05) is 36.9 Å². The first-order chi connectivity index (χ1) is 12.0. The molecular weight excluding hydrogens is 379 g/mol. The van der Waals surface area contributed by atoms with E-state index in [1.54, 1.807) is 18.7 Å². The molecule has 1 saturated heterocycles. The number of urea groups is 1. The highest BCUT2D eigenvalue weighted by Crippen LogP contribution is 2.29. The molecule has 0 unspecified atom stereocenters. The molecule has 0 aromatic carbocycles. The zero-order valence-corrected chi connectivity index (χ0v) is 17.0. The summed E-state index contributed by atoms with van der Waals surface area (Å²) < 4.78 is 0. The van der Waals surface area contributed by atoms with Crippen LogP contribution in [0.3, 0.4) is 0 Å². The highest BCUT2D eigenvalue weighted by Gasteiger charge is 2.32. The number of aliphatic hydroxyl groups excluding tert-OH is 1. The summed E-state index contributed by atoms with van der Waals surface area (Å²) >= 11 is 6.14. The molecule has 0 bridgehead atoms. The van der Waals surface area contributed by atoms with Crippen molar-refractivity contribution in [3.05, 3.63) is 11.4 Å². The first-order valence-corrected chi connectivity index (χ1v) is 9.35. The van der Waals surface area contributed by atoms with Crippen molar-refractivity contribution in [1.82, 2.24) is 30.9 Å². The third-order valence-electron chi connectivity index (χ3n) is 4.51. The summed E-state index contributed by atoms with van der Waals surface area (Å²) in [5, 5.41) is 25.2. The number of aromatic nitrogens is 3. The van der Waals surface area contributed by atoms with Gasteiger partial charge in [0.2, 0.25) is 0 Å². The van der Waals surface area contributed by atoms with E-state index >= 15 is 0 Å². The largest absolute Gasteiger partial charge is 0.394 e. The number of carbonyl (C=O) groups is 1. The number of halogens is 2. The number of carbonyl (C=O) groups excluding carboxylic acids is 1. The maximum absolute atomic E-state index is 12.3. The van der Waals surface area contributed by atoms with Crippen LogP contribution in [0.2, 0.25) is 0 Å². The van der Waals surface area contributed by atoms with Crippen LogP contribution in [-0.4, -0.2) is 69.6 Å². The van der Waals surface area contributed by atoms with Crippen LogP contribution in [0, 0.1) is 5.41 Å². The summed E-state index contributed by atoms with van der Waals surface area (Å²) in [6, 6.07) is -0.0355. The van der Waals surface area contributed by atoms with Gasteiger partial charge in [0.25, 0.3) is 0 Å². The van der Waals surface area contributed by atoms with Gasteiger partial charge in [0.15, 0.2) is 0 Å². The van der Waals surface area contributed by atoms with Gasteiger partial charge in [-0.1, -0.05) is 0 Å². The molecule has 1 fully saturated rings. The Hall–Kier alpha value is -1.09. The smallest absolute Gasteiger partial charge is 0.317 e. The third kappa shape index (κ3) is 6.57. The van der Waals surface area contributed by atoms with Crippen LogP contribution in [0.4, 0.5) is 4.79 Å². The number of hydrogen-bond acceptors (Lipinski definition) is 5. The number of rotatable bonds is 3. The highest BCUT2D eigenvalue weighted by molar-refractivity contribution is 6.18. The van der Waals surface area contributed by atoms with Gasteiger partial charge in [0.05, 0.1) is 12.2 Å². The fraction of sp³-hybridized carbons (Fsp3) is 0.812. The average Bonchev–Trinajstić information content (AvgIpc) is 3.07. The van der Waals surface area contributed by atoms with E-state index in [0.29, 0.717) is 25.5 Å². The summed E-state index contributed by atoms with van der Waals surface area (Å²) in [5.41, 5.74) is 1.86. The van der Waals surface area contributed by atoms with E-state index in [4.69, 9.17) is 16.7 Å². The normalized spacial score (nSPS) is 18.3. The van der Waals surface area contributed by atoms with Gasteiger partial charge in [-0.05, 0) is 39.8 Å². The van der Waals surface area contributed by atoms with Crippen molar-refractivity contribution in [2.45, 2.75) is 45.8 Å². The van der Waals surface area contributed by atoms with Crippen molar-refractivity contribution in [2.75, 3.05) is 32.1 Å². The molecule has 1 aromatic heterocycles. The van der Waals surface area contributed by atoms with Crippen molar-refractivity contribution in [2.24, 2.45) is 5.41 Å². The third-order valence-corrected chi connectivity index (χ3v) is 5.08. The molecule has 26 heavy (non-hydrogen) atoms. The molecular formula is C16H30Cl2N6O2. The number of fused-ring (bicyclic) bond motifs is 1. The van der Waals surface area contributed by atoms with E-state index < -0.39 is 0 Å². The molecule has 3 rings (SSSR count). The average molecular weight is 409 g/mol. The van der Waals surface area contributed by atoms with Gasteiger partial charge in [-0.2, -0.15) is 15.4 Å². The van der Waals surface area contributed by atoms with Crippen LogP contribution in [-0.2, 0) is 13.0 Å². The Morgan fingerprint density at radius 1 is 1.35 bits per heavy atom. The lowest BCUT2D eigenvalue weighted by Gasteiger charge is -2.37. The topological polar surface area (TPSA) is 106 Å². The molecule has 150 valence electrons. The Bertz CT molecular complexity index is 546. The number of piperidine rings is 1. The number of hydrogen-bond donors (Lipinski definition) is 4. The molecule has 0 radical (unpaired) electrons. The van der Waals surface area contributed by atoms with E-state index in [9.17, 15) is 4.79 Å². The predicted molar refractivity (Wildman–Crippen MR) is 104 cm³/mol. The molecule has 3 heterocycles. The molecule has 2 amide bonds. The van der Waals surface area contributed by atoms with Crippen molar-refractivity contribution < 1.29 is 9.90 Å². The molecule has 2 aliphatic rings. The second kappa shape index (κ2) is 10.9. The Kier molecular flexibility index (Phi) is 9.63. The van der Waals surface area contributed by atoms with Crippen LogP contribution < -0.4 is 10.6 Å². The van der Waals surface area contributed by atoms with E-state index in [0.717, 1.165) is 43.7 Å². The van der Waals surface area contributed by atoms with Crippen LogP contribution in [0.5, 0.6) is 0 Å². The predicted octanol–water partition coefficient (Wildman–Crippen LogP) is 1.29. The van der Waals surface area contributed by atoms with Crippen molar-refractivity contribution >= 4 is 30.0 Å². The van der Waals surface area contributed by atoms with Crippen LogP contribution in [0.25, 0.3) is 0 Å². The number of alkyl halides is 1. The Morgan fingerprint density at radius 3 is 2.58 bits per heavy atom. The molecule has 8 nitrogen and oxygen atoms in total. The van der Waals surface area contributed by atoms with Gasteiger partial charge in [0.1, 0.15) is 5.69 Å². The van der Waals surface area contributed by atoms with Gasteiger partial charge >= 0.3 is 6.03 Å². The molecule has 0 aliphatic carbocycles. The molecule has 10 heteroatoms. The Morgan fingerprint density at radius 2 is 1.96 bits per heavy atom. The van der Waals surface area contributed by atoms with Crippen LogP contribution in [0.1, 0.15) is 38.1 Å². The van der Waals surface area contributed by atoms with Gasteiger partial charge in [-0.3, -0.25) is 0 Å². The summed E-state index contributed by atoms with van der Waals surface area (Å²) in [4.78, 5) is 14.1. The number of nitrogens with zero attached hydrogens (tertiary/aromatic N) is 3. The fourth-order valence-electron chi connectivity index (χ4n) is 2.97.